The van der Waals surface area contributed by atoms with E-state index in [9.17, 15) is 4.79 Å². The average molecular weight is 278 g/mol. The van der Waals surface area contributed by atoms with E-state index in [1.807, 2.05) is 6.92 Å². The van der Waals surface area contributed by atoms with Crippen LogP contribution in [0.4, 0.5) is 0 Å². The van der Waals surface area contributed by atoms with E-state index >= 15 is 0 Å². The van der Waals surface area contributed by atoms with Gasteiger partial charge in [0.1, 0.15) is 0 Å². The zero-order chi connectivity index (χ0) is 15.0. The summed E-state index contributed by atoms with van der Waals surface area (Å²) in [5.74, 6) is -0.000853. The molecule has 20 heavy (non-hydrogen) atoms. The lowest BCUT2D eigenvalue weighted by Gasteiger charge is -2.20. The molecular weight excluding hydrogens is 252 g/mol. The van der Waals surface area contributed by atoms with Gasteiger partial charge in [0.25, 0.3) is 0 Å². The summed E-state index contributed by atoms with van der Waals surface area (Å²) in [4.78, 5) is 11.9. The molecular formula is C16H26N2O2. The Morgan fingerprint density at radius 1 is 1.25 bits per heavy atom. The summed E-state index contributed by atoms with van der Waals surface area (Å²) in [6.07, 6.45) is 1.04. The van der Waals surface area contributed by atoms with Gasteiger partial charge in [-0.05, 0) is 31.4 Å². The summed E-state index contributed by atoms with van der Waals surface area (Å²) < 4.78 is 4.91. The summed E-state index contributed by atoms with van der Waals surface area (Å²) in [6.45, 7) is 7.16. The van der Waals surface area contributed by atoms with Crippen LogP contribution in [0.5, 0.6) is 0 Å². The fourth-order valence-electron chi connectivity index (χ4n) is 2.02. The Bertz CT molecular complexity index is 403. The number of nitrogens with one attached hydrogen (secondary N) is 2. The molecule has 2 N–H and O–H groups in total. The van der Waals surface area contributed by atoms with Crippen molar-refractivity contribution in [3.8, 4) is 0 Å². The molecule has 0 fully saturated rings. The number of methoxy groups -OCH3 is 1. The molecule has 4 nitrogen and oxygen atoms in total. The minimum absolute atomic E-state index is 0.000853. The van der Waals surface area contributed by atoms with Crippen LogP contribution < -0.4 is 10.6 Å². The van der Waals surface area contributed by atoms with Gasteiger partial charge in [0.2, 0.25) is 5.91 Å². The molecule has 0 heterocycles. The van der Waals surface area contributed by atoms with Crippen LogP contribution in [0.3, 0.4) is 0 Å². The molecule has 0 aliphatic rings. The van der Waals surface area contributed by atoms with Crippen LogP contribution in [0.2, 0.25) is 0 Å². The highest BCUT2D eigenvalue weighted by molar-refractivity contribution is 5.81. The van der Waals surface area contributed by atoms with Gasteiger partial charge in [-0.1, -0.05) is 31.2 Å². The predicted molar refractivity (Wildman–Crippen MR) is 81.7 cm³/mol. The number of amides is 1. The third kappa shape index (κ3) is 5.31. The monoisotopic (exact) mass is 278 g/mol. The lowest BCUT2D eigenvalue weighted by atomic mass is 10.0. The maximum absolute atomic E-state index is 11.9. The molecule has 0 spiro atoms. The summed E-state index contributed by atoms with van der Waals surface area (Å²) in [7, 11) is 1.62. The van der Waals surface area contributed by atoms with Crippen molar-refractivity contribution in [2.75, 3.05) is 20.3 Å². The zero-order valence-electron chi connectivity index (χ0n) is 12.9. The van der Waals surface area contributed by atoms with E-state index in [2.05, 4.69) is 48.7 Å². The molecule has 4 heteroatoms. The molecule has 0 saturated heterocycles. The predicted octanol–water partition coefficient (Wildman–Crippen LogP) is 2.05. The first kappa shape index (κ1) is 16.7. The standard InChI is InChI=1S/C16H26N2O2/c1-5-14-6-8-15(9-7-14)12(2)18-13(3)16(19)17-10-11-20-4/h6-9,12-13,18H,5,10-11H2,1-4H3,(H,17,19). The molecule has 0 aliphatic carbocycles. The van der Waals surface area contributed by atoms with Crippen LogP contribution in [0.15, 0.2) is 24.3 Å². The number of ether oxygens (including phenoxy) is 1. The van der Waals surface area contributed by atoms with Crippen molar-refractivity contribution >= 4 is 5.91 Å². The second kappa shape index (κ2) is 8.72. The van der Waals surface area contributed by atoms with Crippen LogP contribution >= 0.6 is 0 Å². The Hall–Kier alpha value is -1.39. The second-order valence-corrected chi connectivity index (χ2v) is 4.99. The molecule has 1 aromatic rings. The molecule has 1 rings (SSSR count). The Kier molecular flexibility index (Phi) is 7.26. The van der Waals surface area contributed by atoms with Crippen LogP contribution in [-0.2, 0) is 16.0 Å². The Morgan fingerprint density at radius 3 is 2.45 bits per heavy atom. The quantitative estimate of drug-likeness (QED) is 0.716. The molecule has 0 radical (unpaired) electrons. The summed E-state index contributed by atoms with van der Waals surface area (Å²) >= 11 is 0. The number of benzene rings is 1. The van der Waals surface area contributed by atoms with E-state index < -0.39 is 0 Å². The van der Waals surface area contributed by atoms with Gasteiger partial charge in [0.05, 0.1) is 12.6 Å². The van der Waals surface area contributed by atoms with Gasteiger partial charge in [0.15, 0.2) is 0 Å². The number of hydrogen-bond donors (Lipinski definition) is 2. The van der Waals surface area contributed by atoms with Crippen molar-refractivity contribution in [3.05, 3.63) is 35.4 Å². The molecule has 2 unspecified atom stereocenters. The van der Waals surface area contributed by atoms with Crippen LogP contribution in [0.25, 0.3) is 0 Å². The third-order valence-electron chi connectivity index (χ3n) is 3.39. The normalized spacial score (nSPS) is 13.8. The molecule has 2 atom stereocenters. The minimum atomic E-state index is -0.229. The van der Waals surface area contributed by atoms with Gasteiger partial charge in [-0.15, -0.1) is 0 Å². The number of carbonyl (C=O) groups excluding carboxylic acids is 1. The summed E-state index contributed by atoms with van der Waals surface area (Å²) in [5.41, 5.74) is 2.52. The average Bonchev–Trinajstić information content (AvgIpc) is 2.47. The Labute approximate surface area is 121 Å². The number of aryl methyl sites for hydroxylation is 1. The number of hydrogen-bond acceptors (Lipinski definition) is 3. The minimum Gasteiger partial charge on any atom is -0.383 e. The lowest BCUT2D eigenvalue weighted by Crippen LogP contribution is -2.44. The Morgan fingerprint density at radius 2 is 1.90 bits per heavy atom. The fraction of sp³-hybridized carbons (Fsp3) is 0.562. The van der Waals surface area contributed by atoms with Crippen molar-refractivity contribution in [2.24, 2.45) is 0 Å². The first-order valence-corrected chi connectivity index (χ1v) is 7.20. The van der Waals surface area contributed by atoms with Gasteiger partial charge in [-0.3, -0.25) is 10.1 Å². The van der Waals surface area contributed by atoms with Crippen molar-refractivity contribution in [1.29, 1.82) is 0 Å². The van der Waals surface area contributed by atoms with Crippen LogP contribution in [0, 0.1) is 0 Å². The van der Waals surface area contributed by atoms with Gasteiger partial charge in [-0.2, -0.15) is 0 Å². The molecule has 0 saturated carbocycles. The largest absolute Gasteiger partial charge is 0.383 e. The van der Waals surface area contributed by atoms with Gasteiger partial charge in [0, 0.05) is 19.7 Å². The number of carbonyl (C=O) groups is 1. The highest BCUT2D eigenvalue weighted by atomic mass is 16.5. The van der Waals surface area contributed by atoms with E-state index in [0.717, 1.165) is 6.42 Å². The Balaban J connectivity index is 2.47. The van der Waals surface area contributed by atoms with E-state index in [1.165, 1.54) is 11.1 Å². The third-order valence-corrected chi connectivity index (χ3v) is 3.39. The molecule has 1 amide bonds. The maximum Gasteiger partial charge on any atom is 0.236 e. The summed E-state index contributed by atoms with van der Waals surface area (Å²) in [5, 5.41) is 6.14. The first-order valence-electron chi connectivity index (χ1n) is 7.20. The maximum atomic E-state index is 11.9. The zero-order valence-corrected chi connectivity index (χ0v) is 12.9. The smallest absolute Gasteiger partial charge is 0.236 e. The van der Waals surface area contributed by atoms with E-state index in [1.54, 1.807) is 7.11 Å². The van der Waals surface area contributed by atoms with Gasteiger partial charge >= 0.3 is 0 Å². The van der Waals surface area contributed by atoms with Crippen molar-refractivity contribution < 1.29 is 9.53 Å². The van der Waals surface area contributed by atoms with Crippen molar-refractivity contribution in [1.82, 2.24) is 10.6 Å². The summed E-state index contributed by atoms with van der Waals surface area (Å²) in [6, 6.07) is 8.42. The van der Waals surface area contributed by atoms with Gasteiger partial charge < -0.3 is 10.1 Å². The van der Waals surface area contributed by atoms with Crippen LogP contribution in [-0.4, -0.2) is 32.2 Å². The van der Waals surface area contributed by atoms with Gasteiger partial charge in [-0.25, -0.2) is 0 Å². The van der Waals surface area contributed by atoms with E-state index in [-0.39, 0.29) is 18.0 Å². The topological polar surface area (TPSA) is 50.4 Å². The molecule has 1 aromatic carbocycles. The SMILES string of the molecule is CCc1ccc(C(C)NC(C)C(=O)NCCOC)cc1. The van der Waals surface area contributed by atoms with Crippen LogP contribution in [0.1, 0.15) is 37.9 Å². The van der Waals surface area contributed by atoms with E-state index in [4.69, 9.17) is 4.74 Å². The van der Waals surface area contributed by atoms with Crippen molar-refractivity contribution in [2.45, 2.75) is 39.3 Å². The highest BCUT2D eigenvalue weighted by Gasteiger charge is 2.15. The molecule has 0 aromatic heterocycles. The lowest BCUT2D eigenvalue weighted by molar-refractivity contribution is -0.123. The van der Waals surface area contributed by atoms with Crippen molar-refractivity contribution in [3.63, 3.8) is 0 Å². The molecule has 0 bridgehead atoms. The number of rotatable bonds is 8. The first-order chi connectivity index (χ1) is 9.58. The highest BCUT2D eigenvalue weighted by Crippen LogP contribution is 2.14. The fourth-order valence-corrected chi connectivity index (χ4v) is 2.02. The van der Waals surface area contributed by atoms with E-state index in [0.29, 0.717) is 13.2 Å². The second-order valence-electron chi connectivity index (χ2n) is 4.99. The molecule has 0 aliphatic heterocycles. The molecule has 112 valence electrons.